The molecule has 1 atom stereocenters. The van der Waals surface area contributed by atoms with Crippen LogP contribution in [0.1, 0.15) is 17.3 Å². The molecule has 0 bridgehead atoms. The molecular weight excluding hydrogens is 296 g/mol. The lowest BCUT2D eigenvalue weighted by Crippen LogP contribution is -2.23. The van der Waals surface area contributed by atoms with E-state index in [1.807, 2.05) is 24.3 Å². The highest BCUT2D eigenvalue weighted by molar-refractivity contribution is 6.09. The summed E-state index contributed by atoms with van der Waals surface area (Å²) in [4.78, 5) is 25.9. The summed E-state index contributed by atoms with van der Waals surface area (Å²) in [7, 11) is 0. The molecule has 116 valence electrons. The number of nitrogens with one attached hydrogen (secondary N) is 1. The van der Waals surface area contributed by atoms with Gasteiger partial charge in [0.05, 0.1) is 11.0 Å². The smallest absolute Gasteiger partial charge is 0.273 e. The monoisotopic (exact) mass is 310 g/mol. The van der Waals surface area contributed by atoms with Gasteiger partial charge in [0.2, 0.25) is 5.78 Å². The van der Waals surface area contributed by atoms with Crippen molar-refractivity contribution in [3.8, 4) is 5.75 Å². The Bertz CT molecular complexity index is 885. The number of ketones is 1. The summed E-state index contributed by atoms with van der Waals surface area (Å²) in [5.41, 5.74) is 1.34. The van der Waals surface area contributed by atoms with E-state index in [0.29, 0.717) is 11.3 Å². The van der Waals surface area contributed by atoms with E-state index in [0.717, 1.165) is 10.9 Å². The number of nitrogens with zero attached hydrogens (tertiary/aromatic N) is 1. The van der Waals surface area contributed by atoms with Crippen LogP contribution in [0.25, 0.3) is 10.9 Å². The molecule has 1 N–H and O–H groups in total. The average molecular weight is 310 g/mol. The van der Waals surface area contributed by atoms with E-state index >= 15 is 0 Å². The van der Waals surface area contributed by atoms with Gasteiger partial charge in [-0.3, -0.25) is 14.9 Å². The van der Waals surface area contributed by atoms with E-state index in [4.69, 9.17) is 4.74 Å². The maximum Gasteiger partial charge on any atom is 0.273 e. The lowest BCUT2D eigenvalue weighted by molar-refractivity contribution is -0.384. The lowest BCUT2D eigenvalue weighted by Gasteiger charge is -2.13. The maximum absolute atomic E-state index is 12.6. The summed E-state index contributed by atoms with van der Waals surface area (Å²) in [6.07, 6.45) is 0.900. The number of H-pyrrole nitrogens is 1. The highest BCUT2D eigenvalue weighted by Crippen LogP contribution is 2.23. The number of Topliss-reactive ketones (excluding diaryl/α,β-unsaturated/α-hetero) is 1. The minimum Gasteiger partial charge on any atom is -0.482 e. The van der Waals surface area contributed by atoms with Gasteiger partial charge in [0.1, 0.15) is 5.75 Å². The SMILES string of the molecule is CC(Oc1cccc([N+](=O)[O-])c1)C(=O)c1c[nH]c2ccccc12. The highest BCUT2D eigenvalue weighted by Gasteiger charge is 2.20. The van der Waals surface area contributed by atoms with Crippen LogP contribution in [0.3, 0.4) is 0 Å². The summed E-state index contributed by atoms with van der Waals surface area (Å²) in [5, 5.41) is 11.6. The largest absolute Gasteiger partial charge is 0.482 e. The number of hydrogen-bond donors (Lipinski definition) is 1. The van der Waals surface area contributed by atoms with Crippen molar-refractivity contribution in [1.29, 1.82) is 0 Å². The van der Waals surface area contributed by atoms with Crippen LogP contribution in [0.4, 0.5) is 5.69 Å². The van der Waals surface area contributed by atoms with E-state index in [-0.39, 0.29) is 11.5 Å². The lowest BCUT2D eigenvalue weighted by atomic mass is 10.1. The molecule has 0 spiro atoms. The summed E-state index contributed by atoms with van der Waals surface area (Å²) < 4.78 is 5.57. The van der Waals surface area contributed by atoms with Crippen molar-refractivity contribution in [2.75, 3.05) is 0 Å². The third kappa shape index (κ3) is 2.91. The zero-order valence-electron chi connectivity index (χ0n) is 12.4. The van der Waals surface area contributed by atoms with Gasteiger partial charge in [-0.15, -0.1) is 0 Å². The zero-order chi connectivity index (χ0) is 16.4. The number of fused-ring (bicyclic) bond motifs is 1. The Kier molecular flexibility index (Phi) is 3.80. The molecule has 0 radical (unpaired) electrons. The molecule has 0 amide bonds. The van der Waals surface area contributed by atoms with Crippen molar-refractivity contribution in [2.24, 2.45) is 0 Å². The first-order valence-corrected chi connectivity index (χ1v) is 7.07. The van der Waals surface area contributed by atoms with E-state index in [2.05, 4.69) is 4.98 Å². The van der Waals surface area contributed by atoms with Crippen molar-refractivity contribution in [3.05, 3.63) is 70.4 Å². The summed E-state index contributed by atoms with van der Waals surface area (Å²) in [6.45, 7) is 1.63. The standard InChI is InChI=1S/C17H14N2O4/c1-11(23-13-6-4-5-12(9-13)19(21)22)17(20)15-10-18-16-8-3-2-7-14(15)16/h2-11,18H,1H3. The highest BCUT2D eigenvalue weighted by atomic mass is 16.6. The summed E-state index contributed by atoms with van der Waals surface area (Å²) in [5.74, 6) is 0.105. The van der Waals surface area contributed by atoms with E-state index in [1.54, 1.807) is 19.2 Å². The van der Waals surface area contributed by atoms with Crippen molar-refractivity contribution in [3.63, 3.8) is 0 Å². The van der Waals surface area contributed by atoms with Crippen LogP contribution < -0.4 is 4.74 Å². The number of benzene rings is 2. The summed E-state index contributed by atoms with van der Waals surface area (Å²) >= 11 is 0. The van der Waals surface area contributed by atoms with E-state index in [9.17, 15) is 14.9 Å². The number of non-ortho nitro benzene ring substituents is 1. The van der Waals surface area contributed by atoms with Gasteiger partial charge in [0.15, 0.2) is 6.10 Å². The maximum atomic E-state index is 12.6. The Balaban J connectivity index is 1.83. The third-order valence-corrected chi connectivity index (χ3v) is 3.57. The second kappa shape index (κ2) is 5.92. The fourth-order valence-corrected chi connectivity index (χ4v) is 2.42. The molecule has 2 aromatic carbocycles. The molecule has 1 aromatic heterocycles. The number of aromatic amines is 1. The Hall–Kier alpha value is -3.15. The predicted molar refractivity (Wildman–Crippen MR) is 85.8 cm³/mol. The first kappa shape index (κ1) is 14.8. The summed E-state index contributed by atoms with van der Waals surface area (Å²) in [6, 6.07) is 13.3. The number of hydrogen-bond acceptors (Lipinski definition) is 4. The van der Waals surface area contributed by atoms with Crippen molar-refractivity contribution in [1.82, 2.24) is 4.98 Å². The molecule has 0 saturated heterocycles. The minimum absolute atomic E-state index is 0.0748. The topological polar surface area (TPSA) is 85.2 Å². The number of nitro benzene ring substituents is 1. The van der Waals surface area contributed by atoms with Crippen LogP contribution in [0.5, 0.6) is 5.75 Å². The van der Waals surface area contributed by atoms with Crippen molar-refractivity contribution in [2.45, 2.75) is 13.0 Å². The van der Waals surface area contributed by atoms with Gasteiger partial charge in [-0.2, -0.15) is 0 Å². The van der Waals surface area contributed by atoms with Crippen LogP contribution in [-0.4, -0.2) is 21.8 Å². The van der Waals surface area contributed by atoms with Crippen molar-refractivity contribution < 1.29 is 14.5 Å². The van der Waals surface area contributed by atoms with Crippen LogP contribution in [0, 0.1) is 10.1 Å². The molecule has 3 rings (SSSR count). The van der Waals surface area contributed by atoms with Crippen LogP contribution in [-0.2, 0) is 0 Å². The van der Waals surface area contributed by atoms with Gasteiger partial charge in [0, 0.05) is 28.7 Å². The van der Waals surface area contributed by atoms with Crippen LogP contribution in [0.2, 0.25) is 0 Å². The Morgan fingerprint density at radius 1 is 1.22 bits per heavy atom. The zero-order valence-corrected chi connectivity index (χ0v) is 12.4. The number of ether oxygens (including phenoxy) is 1. The Morgan fingerprint density at radius 2 is 2.00 bits per heavy atom. The normalized spacial score (nSPS) is 12.0. The second-order valence-electron chi connectivity index (χ2n) is 5.13. The molecule has 0 aliphatic rings. The van der Waals surface area contributed by atoms with Crippen molar-refractivity contribution >= 4 is 22.4 Å². The Morgan fingerprint density at radius 3 is 2.78 bits per heavy atom. The molecule has 0 fully saturated rings. The Labute approximate surface area is 131 Å². The second-order valence-corrected chi connectivity index (χ2v) is 5.13. The number of carbonyl (C=O) groups excluding carboxylic acids is 1. The van der Waals surface area contributed by atoms with Crippen LogP contribution >= 0.6 is 0 Å². The fourth-order valence-electron chi connectivity index (χ4n) is 2.42. The van der Waals surface area contributed by atoms with Gasteiger partial charge in [-0.05, 0) is 19.1 Å². The quantitative estimate of drug-likeness (QED) is 0.442. The number of carbonyl (C=O) groups is 1. The number of aromatic nitrogens is 1. The molecule has 3 aromatic rings. The molecule has 23 heavy (non-hydrogen) atoms. The molecule has 1 unspecified atom stereocenters. The average Bonchev–Trinajstić information content (AvgIpc) is 2.98. The minimum atomic E-state index is -0.754. The van der Waals surface area contributed by atoms with Gasteiger partial charge in [-0.25, -0.2) is 0 Å². The molecule has 6 heteroatoms. The molecule has 6 nitrogen and oxygen atoms in total. The third-order valence-electron chi connectivity index (χ3n) is 3.57. The van der Waals surface area contributed by atoms with Gasteiger partial charge in [0.25, 0.3) is 5.69 Å². The first-order chi connectivity index (χ1) is 11.1. The number of rotatable bonds is 5. The molecule has 1 heterocycles. The van der Waals surface area contributed by atoms with E-state index in [1.165, 1.54) is 18.2 Å². The van der Waals surface area contributed by atoms with Gasteiger partial charge < -0.3 is 9.72 Å². The molecule has 0 aliphatic carbocycles. The van der Waals surface area contributed by atoms with Gasteiger partial charge in [-0.1, -0.05) is 24.3 Å². The van der Waals surface area contributed by atoms with Gasteiger partial charge >= 0.3 is 0 Å². The number of para-hydroxylation sites is 1. The molecule has 0 saturated carbocycles. The molecular formula is C17H14N2O4. The fraction of sp³-hybridized carbons (Fsp3) is 0.118. The molecule has 0 aliphatic heterocycles. The van der Waals surface area contributed by atoms with Crippen LogP contribution in [0.15, 0.2) is 54.7 Å². The number of nitro groups is 1. The predicted octanol–water partition coefficient (Wildman–Crippen LogP) is 3.73. The first-order valence-electron chi connectivity index (χ1n) is 7.07. The van der Waals surface area contributed by atoms with E-state index < -0.39 is 11.0 Å².